The van der Waals surface area contributed by atoms with E-state index in [-0.39, 0.29) is 10.2 Å². The Labute approximate surface area is 132 Å². The van der Waals surface area contributed by atoms with Gasteiger partial charge < -0.3 is 11.5 Å². The Hall–Kier alpha value is -1.28. The molecule has 5 aliphatic carbocycles. The lowest BCUT2D eigenvalue weighted by molar-refractivity contribution is 0.0654. The van der Waals surface area contributed by atoms with Gasteiger partial charge in [-0.1, -0.05) is 0 Å². The number of nitrogens with two attached hydrogens (primary N) is 2. The number of hydrogen-bond donors (Lipinski definition) is 4. The average molecular weight is 320 g/mol. The molecule has 5 fully saturated rings. The van der Waals surface area contributed by atoms with Crippen molar-refractivity contribution in [3.05, 3.63) is 0 Å². The molecule has 6 nitrogen and oxygen atoms in total. The summed E-state index contributed by atoms with van der Waals surface area (Å²) in [6.45, 7) is 0. The zero-order chi connectivity index (χ0) is 14.5. The summed E-state index contributed by atoms with van der Waals surface area (Å²) in [6.07, 6.45) is 1.33. The Morgan fingerprint density at radius 3 is 1.67 bits per heavy atom. The highest BCUT2D eigenvalue weighted by Gasteiger charge is 2.82. The second-order valence-electron chi connectivity index (χ2n) is 6.85. The minimum atomic E-state index is 0.241. The van der Waals surface area contributed by atoms with Crippen molar-refractivity contribution in [1.82, 2.24) is 10.9 Å². The lowest BCUT2D eigenvalue weighted by Gasteiger charge is -2.44. The molecular formula is C13H16N6S2. The van der Waals surface area contributed by atoms with Gasteiger partial charge >= 0.3 is 0 Å². The first-order valence-electron chi connectivity index (χ1n) is 7.35. The highest BCUT2D eigenvalue weighted by atomic mass is 32.1. The predicted octanol–water partition coefficient (Wildman–Crippen LogP) is -0.248. The molecule has 0 aromatic heterocycles. The van der Waals surface area contributed by atoms with Crippen LogP contribution in [-0.4, -0.2) is 21.6 Å². The maximum Gasteiger partial charge on any atom is 0.184 e. The second kappa shape index (κ2) is 3.73. The molecule has 0 unspecified atom stereocenters. The van der Waals surface area contributed by atoms with E-state index in [1.807, 2.05) is 0 Å². The Kier molecular flexibility index (Phi) is 2.18. The largest absolute Gasteiger partial charge is 0.375 e. The van der Waals surface area contributed by atoms with Crippen LogP contribution < -0.4 is 22.3 Å². The molecule has 5 rings (SSSR count). The smallest absolute Gasteiger partial charge is 0.184 e. The predicted molar refractivity (Wildman–Crippen MR) is 87.2 cm³/mol. The summed E-state index contributed by atoms with van der Waals surface area (Å²) in [4.78, 5) is 0. The molecule has 2 bridgehead atoms. The summed E-state index contributed by atoms with van der Waals surface area (Å²) in [5.74, 6) is 5.30. The molecule has 6 N–H and O–H groups in total. The first-order valence-corrected chi connectivity index (χ1v) is 8.17. The van der Waals surface area contributed by atoms with E-state index < -0.39 is 0 Å². The fourth-order valence-electron chi connectivity index (χ4n) is 6.40. The summed E-state index contributed by atoms with van der Waals surface area (Å²) < 4.78 is 0. The number of thiocarbonyl (C=S) groups is 2. The summed E-state index contributed by atoms with van der Waals surface area (Å²) in [5, 5.41) is 9.57. The van der Waals surface area contributed by atoms with Crippen LogP contribution in [0.3, 0.4) is 0 Å². The van der Waals surface area contributed by atoms with Gasteiger partial charge in [0, 0.05) is 35.1 Å². The Morgan fingerprint density at radius 1 is 0.857 bits per heavy atom. The summed E-state index contributed by atoms with van der Waals surface area (Å²) in [6, 6.07) is 0. The van der Waals surface area contributed by atoms with Crippen molar-refractivity contribution in [2.45, 2.75) is 6.42 Å². The van der Waals surface area contributed by atoms with Crippen LogP contribution in [0.4, 0.5) is 0 Å². The van der Waals surface area contributed by atoms with E-state index in [4.69, 9.17) is 35.9 Å². The summed E-state index contributed by atoms with van der Waals surface area (Å²) >= 11 is 9.75. The van der Waals surface area contributed by atoms with E-state index in [0.717, 1.165) is 23.7 Å². The minimum absolute atomic E-state index is 0.241. The monoisotopic (exact) mass is 320 g/mol. The van der Waals surface area contributed by atoms with E-state index in [1.165, 1.54) is 17.8 Å². The topological polar surface area (TPSA) is 101 Å². The Bertz CT molecular complexity index is 585. The molecule has 0 saturated heterocycles. The van der Waals surface area contributed by atoms with Crippen molar-refractivity contribution in [2.75, 3.05) is 0 Å². The molecule has 21 heavy (non-hydrogen) atoms. The molecule has 0 aliphatic heterocycles. The molecule has 0 spiro atoms. The van der Waals surface area contributed by atoms with Crippen molar-refractivity contribution in [3.63, 3.8) is 0 Å². The molecule has 5 aliphatic rings. The molecule has 0 aromatic rings. The van der Waals surface area contributed by atoms with Crippen molar-refractivity contribution >= 4 is 46.1 Å². The molecule has 0 amide bonds. The highest BCUT2D eigenvalue weighted by molar-refractivity contribution is 7.80. The normalized spacial score (nSPS) is 53.5. The van der Waals surface area contributed by atoms with Gasteiger partial charge in [-0.25, -0.2) is 0 Å². The summed E-state index contributed by atoms with van der Waals surface area (Å²) in [5.41, 5.74) is 19.2. The quantitative estimate of drug-likeness (QED) is 0.414. The lowest BCUT2D eigenvalue weighted by atomic mass is 9.59. The van der Waals surface area contributed by atoms with Gasteiger partial charge in [0.2, 0.25) is 0 Å². The van der Waals surface area contributed by atoms with Crippen molar-refractivity contribution in [2.24, 2.45) is 69.0 Å². The van der Waals surface area contributed by atoms with Gasteiger partial charge in [-0.05, 0) is 54.5 Å². The zero-order valence-corrected chi connectivity index (χ0v) is 12.8. The van der Waals surface area contributed by atoms with E-state index in [1.54, 1.807) is 0 Å². The van der Waals surface area contributed by atoms with Crippen LogP contribution in [0.15, 0.2) is 10.2 Å². The number of hydrazone groups is 2. The van der Waals surface area contributed by atoms with Crippen LogP contribution in [0.5, 0.6) is 0 Å². The maximum atomic E-state index is 5.52. The van der Waals surface area contributed by atoms with Gasteiger partial charge in [0.1, 0.15) is 0 Å². The molecule has 110 valence electrons. The third kappa shape index (κ3) is 1.25. The number of hydrogen-bond acceptors (Lipinski definition) is 4. The number of rotatable bonds is 2. The van der Waals surface area contributed by atoms with Gasteiger partial charge in [0.05, 0.1) is 0 Å². The van der Waals surface area contributed by atoms with Crippen LogP contribution in [0.2, 0.25) is 0 Å². The molecule has 8 atom stereocenters. The molecule has 0 aromatic carbocycles. The fraction of sp³-hybridized carbons (Fsp3) is 0.692. The molecular weight excluding hydrogens is 304 g/mol. The Balaban J connectivity index is 1.54. The lowest BCUT2D eigenvalue weighted by Crippen LogP contribution is -2.49. The van der Waals surface area contributed by atoms with E-state index >= 15 is 0 Å². The van der Waals surface area contributed by atoms with Crippen molar-refractivity contribution in [3.8, 4) is 0 Å². The molecule has 0 heterocycles. The van der Waals surface area contributed by atoms with Gasteiger partial charge in [0.25, 0.3) is 0 Å². The molecule has 5 saturated carbocycles. The molecule has 8 heteroatoms. The maximum absolute atomic E-state index is 5.52. The van der Waals surface area contributed by atoms with Crippen LogP contribution in [-0.2, 0) is 0 Å². The van der Waals surface area contributed by atoms with Crippen LogP contribution in [0.25, 0.3) is 0 Å². The SMILES string of the molecule is NC(=S)N/N=C1/[C@@H]2[C@@H]3C[C@@H]4[C@H]2/C(=N/NC(N)=S)[C@H]2[C@@H]1[C@H]3[C@H]42. The van der Waals surface area contributed by atoms with Crippen molar-refractivity contribution in [1.29, 1.82) is 0 Å². The summed E-state index contributed by atoms with van der Waals surface area (Å²) in [7, 11) is 0. The van der Waals surface area contributed by atoms with Crippen LogP contribution in [0, 0.1) is 47.3 Å². The van der Waals surface area contributed by atoms with E-state index in [2.05, 4.69) is 21.1 Å². The molecule has 0 radical (unpaired) electrons. The van der Waals surface area contributed by atoms with Crippen LogP contribution >= 0.6 is 24.4 Å². The van der Waals surface area contributed by atoms with Crippen LogP contribution in [0.1, 0.15) is 6.42 Å². The number of nitrogens with zero attached hydrogens (tertiary/aromatic N) is 2. The third-order valence-electron chi connectivity index (χ3n) is 6.46. The van der Waals surface area contributed by atoms with Gasteiger partial charge in [-0.3, -0.25) is 10.9 Å². The van der Waals surface area contributed by atoms with Gasteiger partial charge in [-0.2, -0.15) is 10.2 Å². The Morgan fingerprint density at radius 2 is 1.29 bits per heavy atom. The van der Waals surface area contributed by atoms with E-state index in [9.17, 15) is 0 Å². The first kappa shape index (κ1) is 12.3. The standard InChI is InChI=1S/C13H16N6S2/c14-12(20)18-16-10-6-2-1-3-5-4(2)8(10)9(5)11(7(3)6)17-19-13(15)21/h2-9H,1H2,(H3,14,18,20)(H3,15,19,21)/b16-10-,17-11-/t2-,3+,4-,5+,6-,7-,8+,9-/m1/s1. The highest BCUT2D eigenvalue weighted by Crippen LogP contribution is 2.80. The number of fused-ring (bicyclic) bond motifs is 2. The van der Waals surface area contributed by atoms with Gasteiger partial charge in [0.15, 0.2) is 10.2 Å². The fourth-order valence-corrected chi connectivity index (χ4v) is 6.49. The zero-order valence-electron chi connectivity index (χ0n) is 11.2. The second-order valence-corrected chi connectivity index (χ2v) is 7.73. The van der Waals surface area contributed by atoms with E-state index in [0.29, 0.717) is 23.7 Å². The first-order chi connectivity index (χ1) is 10.1. The third-order valence-corrected chi connectivity index (χ3v) is 6.64. The van der Waals surface area contributed by atoms with Gasteiger partial charge in [-0.15, -0.1) is 0 Å². The average Bonchev–Trinajstić information content (AvgIpc) is 2.91. The van der Waals surface area contributed by atoms with Crippen molar-refractivity contribution < 1.29 is 0 Å². The number of nitrogens with one attached hydrogen (secondary N) is 2. The minimum Gasteiger partial charge on any atom is -0.375 e.